The molecule has 2 fully saturated rings. The van der Waals surface area contributed by atoms with Crippen LogP contribution < -0.4 is 5.73 Å². The Kier molecular flexibility index (Phi) is 5.15. The van der Waals surface area contributed by atoms with E-state index < -0.39 is 17.4 Å². The molecule has 0 aromatic carbocycles. The van der Waals surface area contributed by atoms with E-state index in [1.807, 2.05) is 0 Å². The van der Waals surface area contributed by atoms with Crippen molar-refractivity contribution in [2.75, 3.05) is 18.1 Å². The molecular weight excluding hydrogens is 366 g/mol. The van der Waals surface area contributed by atoms with Gasteiger partial charge < -0.3 is 15.7 Å². The van der Waals surface area contributed by atoms with Gasteiger partial charge in [0.1, 0.15) is 16.8 Å². The molecule has 1 aromatic heterocycles. The van der Waals surface area contributed by atoms with Crippen LogP contribution >= 0.6 is 34.9 Å². The maximum atomic E-state index is 12.0. The highest BCUT2D eigenvalue weighted by atomic mass is 32.2. The Morgan fingerprint density at radius 3 is 2.88 bits per heavy atom. The minimum atomic E-state index is -0.928. The summed E-state index contributed by atoms with van der Waals surface area (Å²) in [5, 5.41) is 10.8. The minimum absolute atomic E-state index is 0.0590. The summed E-state index contributed by atoms with van der Waals surface area (Å²) in [5.41, 5.74) is 5.91. The number of rotatable bonds is 6. The SMILES string of the molecule is CCc1nc(CC)c(SCC2(C(=O)O)CS[C@@H]3C(N)C(=O)N3C2)s1. The zero-order valence-corrected chi connectivity index (χ0v) is 16.1. The Hall–Kier alpha value is -0.770. The fourth-order valence-corrected chi connectivity index (χ4v) is 7.10. The number of carbonyl (C=O) groups excluding carboxylic acids is 1. The van der Waals surface area contributed by atoms with Gasteiger partial charge in [-0.25, -0.2) is 4.98 Å². The lowest BCUT2D eigenvalue weighted by atomic mass is 9.89. The molecule has 2 aliphatic rings. The summed E-state index contributed by atoms with van der Waals surface area (Å²) >= 11 is 4.70. The summed E-state index contributed by atoms with van der Waals surface area (Å²) in [6.45, 7) is 4.38. The lowest BCUT2D eigenvalue weighted by Gasteiger charge is -2.52. The number of amides is 1. The quantitative estimate of drug-likeness (QED) is 0.566. The number of carboxylic acids is 1. The number of fused-ring (bicyclic) bond motifs is 1. The van der Waals surface area contributed by atoms with Crippen LogP contribution in [0, 0.1) is 5.41 Å². The predicted molar refractivity (Wildman–Crippen MR) is 97.6 cm³/mol. The number of hydrogen-bond acceptors (Lipinski definition) is 7. The summed E-state index contributed by atoms with van der Waals surface area (Å²) < 4.78 is 1.11. The van der Waals surface area contributed by atoms with E-state index in [1.54, 1.807) is 28.0 Å². The highest BCUT2D eigenvalue weighted by Crippen LogP contribution is 2.44. The number of aromatic nitrogens is 1. The van der Waals surface area contributed by atoms with Crippen LogP contribution in [0.25, 0.3) is 0 Å². The van der Waals surface area contributed by atoms with Crippen molar-refractivity contribution in [1.82, 2.24) is 9.88 Å². The molecule has 24 heavy (non-hydrogen) atoms. The Morgan fingerprint density at radius 1 is 1.50 bits per heavy atom. The van der Waals surface area contributed by atoms with Gasteiger partial charge in [0.05, 0.1) is 14.9 Å². The van der Waals surface area contributed by atoms with Crippen LogP contribution in [-0.4, -0.2) is 56.3 Å². The van der Waals surface area contributed by atoms with E-state index >= 15 is 0 Å². The number of nitrogens with zero attached hydrogens (tertiary/aromatic N) is 2. The topological polar surface area (TPSA) is 96.5 Å². The van der Waals surface area contributed by atoms with Crippen LogP contribution in [0.3, 0.4) is 0 Å². The lowest BCUT2D eigenvalue weighted by molar-refractivity contribution is -0.155. The number of carboxylic acid groups (broad SMARTS) is 1. The van der Waals surface area contributed by atoms with Crippen molar-refractivity contribution >= 4 is 46.7 Å². The van der Waals surface area contributed by atoms with Gasteiger partial charge in [0.25, 0.3) is 0 Å². The fraction of sp³-hybridized carbons (Fsp3) is 0.667. The molecule has 3 heterocycles. The molecule has 1 amide bonds. The molecule has 0 bridgehead atoms. The first-order valence-electron chi connectivity index (χ1n) is 7.94. The van der Waals surface area contributed by atoms with Gasteiger partial charge in [0.2, 0.25) is 5.91 Å². The number of hydrogen-bond donors (Lipinski definition) is 2. The van der Waals surface area contributed by atoms with Crippen LogP contribution in [0.1, 0.15) is 24.5 Å². The van der Waals surface area contributed by atoms with Crippen molar-refractivity contribution in [3.8, 4) is 0 Å². The van der Waals surface area contributed by atoms with E-state index in [4.69, 9.17) is 5.73 Å². The van der Waals surface area contributed by atoms with E-state index in [0.29, 0.717) is 11.5 Å². The smallest absolute Gasteiger partial charge is 0.313 e. The van der Waals surface area contributed by atoms with E-state index in [0.717, 1.165) is 27.8 Å². The van der Waals surface area contributed by atoms with Gasteiger partial charge in [-0.3, -0.25) is 9.59 Å². The van der Waals surface area contributed by atoms with Gasteiger partial charge in [-0.15, -0.1) is 34.9 Å². The monoisotopic (exact) mass is 387 g/mol. The van der Waals surface area contributed by atoms with Crippen molar-refractivity contribution in [3.63, 3.8) is 0 Å². The Bertz CT molecular complexity index is 666. The van der Waals surface area contributed by atoms with Crippen LogP contribution in [0.2, 0.25) is 0 Å². The van der Waals surface area contributed by atoms with E-state index in [-0.39, 0.29) is 17.8 Å². The molecule has 1 aromatic rings. The summed E-state index contributed by atoms with van der Waals surface area (Å²) in [6.07, 6.45) is 1.73. The van der Waals surface area contributed by atoms with Crippen molar-refractivity contribution in [2.24, 2.45) is 11.1 Å². The highest BCUT2D eigenvalue weighted by Gasteiger charge is 2.55. The number of aliphatic carboxylic acids is 1. The number of thioether (sulfide) groups is 2. The maximum absolute atomic E-state index is 12.0. The van der Waals surface area contributed by atoms with Crippen LogP contribution in [0.4, 0.5) is 0 Å². The predicted octanol–water partition coefficient (Wildman–Crippen LogP) is 1.67. The molecule has 0 spiro atoms. The second-order valence-electron chi connectivity index (χ2n) is 6.12. The van der Waals surface area contributed by atoms with E-state index in [2.05, 4.69) is 18.8 Å². The lowest BCUT2D eigenvalue weighted by Crippen LogP contribution is -2.72. The third kappa shape index (κ3) is 2.95. The molecule has 3 N–H and O–H groups in total. The Labute approximate surface area is 153 Å². The fourth-order valence-electron chi connectivity index (χ4n) is 2.88. The first-order valence-corrected chi connectivity index (χ1v) is 10.8. The summed E-state index contributed by atoms with van der Waals surface area (Å²) in [7, 11) is 0. The zero-order chi connectivity index (χ0) is 17.5. The number of β-lactam (4-membered cyclic amide) rings is 1. The van der Waals surface area contributed by atoms with Crippen molar-refractivity contribution < 1.29 is 14.7 Å². The number of carbonyl (C=O) groups is 2. The van der Waals surface area contributed by atoms with Gasteiger partial charge in [0, 0.05) is 18.1 Å². The summed E-state index contributed by atoms with van der Waals surface area (Å²) in [5.74, 6) is -0.0479. The van der Waals surface area contributed by atoms with Gasteiger partial charge in [-0.05, 0) is 12.8 Å². The summed E-state index contributed by atoms with van der Waals surface area (Å²) in [4.78, 5) is 30.1. The van der Waals surface area contributed by atoms with E-state index in [9.17, 15) is 14.7 Å². The molecule has 3 rings (SSSR count). The third-order valence-electron chi connectivity index (χ3n) is 4.46. The standard InChI is InChI=1S/C15H21N3O3S3/c1-3-8-13(24-9(4-2)17-8)23-7-15(14(20)21)5-18-11(19)10(16)12(18)22-6-15/h10,12H,3-7,16H2,1-2H3,(H,20,21)/t10?,12-,15?/m1/s1. The normalized spacial score (nSPS) is 29.3. The molecule has 2 unspecified atom stereocenters. The van der Waals surface area contributed by atoms with Crippen LogP contribution in [0.5, 0.6) is 0 Å². The van der Waals surface area contributed by atoms with Crippen molar-refractivity contribution in [1.29, 1.82) is 0 Å². The van der Waals surface area contributed by atoms with Gasteiger partial charge in [-0.2, -0.15) is 0 Å². The molecule has 6 nitrogen and oxygen atoms in total. The van der Waals surface area contributed by atoms with Gasteiger partial charge in [-0.1, -0.05) is 13.8 Å². The first kappa shape index (κ1) is 18.0. The number of thiazole rings is 1. The third-order valence-corrected chi connectivity index (χ3v) is 8.91. The molecular formula is C15H21N3O3S3. The average Bonchev–Trinajstić information content (AvgIpc) is 3.01. The maximum Gasteiger partial charge on any atom is 0.313 e. The number of aryl methyl sites for hydroxylation is 2. The Morgan fingerprint density at radius 2 is 2.25 bits per heavy atom. The van der Waals surface area contributed by atoms with Gasteiger partial charge in [0.15, 0.2) is 0 Å². The molecule has 0 saturated carbocycles. The summed E-state index contributed by atoms with van der Waals surface area (Å²) in [6, 6.07) is -0.477. The van der Waals surface area contributed by atoms with E-state index in [1.165, 1.54) is 11.8 Å². The molecule has 3 atom stereocenters. The largest absolute Gasteiger partial charge is 0.481 e. The average molecular weight is 388 g/mol. The molecule has 2 saturated heterocycles. The second kappa shape index (κ2) is 6.86. The highest BCUT2D eigenvalue weighted by molar-refractivity contribution is 8.01. The minimum Gasteiger partial charge on any atom is -0.481 e. The molecule has 132 valence electrons. The van der Waals surface area contributed by atoms with Crippen LogP contribution in [0.15, 0.2) is 4.21 Å². The molecule has 0 aliphatic carbocycles. The second-order valence-corrected chi connectivity index (χ2v) is 9.55. The van der Waals surface area contributed by atoms with Gasteiger partial charge >= 0.3 is 5.97 Å². The Balaban J connectivity index is 1.75. The molecule has 0 radical (unpaired) electrons. The molecule has 9 heteroatoms. The van der Waals surface area contributed by atoms with Crippen LogP contribution in [-0.2, 0) is 22.4 Å². The molecule has 2 aliphatic heterocycles. The zero-order valence-electron chi connectivity index (χ0n) is 13.7. The first-order chi connectivity index (χ1) is 11.4. The van der Waals surface area contributed by atoms with Crippen molar-refractivity contribution in [3.05, 3.63) is 10.7 Å². The van der Waals surface area contributed by atoms with Crippen molar-refractivity contribution in [2.45, 2.75) is 42.3 Å². The number of nitrogens with two attached hydrogens (primary N) is 1.